The van der Waals surface area contributed by atoms with Crippen molar-refractivity contribution in [3.63, 3.8) is 0 Å². The second-order valence-electron chi connectivity index (χ2n) is 5.48. The van der Waals surface area contributed by atoms with Crippen molar-refractivity contribution in [3.8, 4) is 0 Å². The molecule has 10 heteroatoms. The van der Waals surface area contributed by atoms with E-state index in [9.17, 15) is 18.0 Å². The van der Waals surface area contributed by atoms with Crippen LogP contribution in [-0.2, 0) is 31.0 Å². The van der Waals surface area contributed by atoms with Gasteiger partial charge in [0.2, 0.25) is 11.9 Å². The lowest BCUT2D eigenvalue weighted by molar-refractivity contribution is -0.142. The molecule has 25 heavy (non-hydrogen) atoms. The Morgan fingerprint density at radius 2 is 2.00 bits per heavy atom. The Kier molecular flexibility index (Phi) is 5.43. The molecule has 9 nitrogen and oxygen atoms in total. The fourth-order valence-electron chi connectivity index (χ4n) is 2.23. The third-order valence-corrected chi connectivity index (χ3v) is 5.07. The van der Waals surface area contributed by atoms with Gasteiger partial charge in [-0.2, -0.15) is 16.7 Å². The largest absolute Gasteiger partial charge is 0.466 e. The van der Waals surface area contributed by atoms with Crippen molar-refractivity contribution in [2.45, 2.75) is 20.3 Å². The molecule has 0 aliphatic carbocycles. The molecule has 0 unspecified atom stereocenters. The standard InChI is InChI=1S/C15H20N4O5S/c1-5-24-14(21)9-11-6-7-13-12(8-11)17-15(16-10(2)20)19(13)25(22,23)18(3)4/h6-8H,5,9H2,1-4H3,(H,16,17,20). The third kappa shape index (κ3) is 3.97. The number of carbonyl (C=O) groups excluding carboxylic acids is 2. The van der Waals surface area contributed by atoms with Gasteiger partial charge in [0, 0.05) is 21.0 Å². The molecule has 0 radical (unpaired) electrons. The molecule has 0 atom stereocenters. The molecule has 1 N–H and O–H groups in total. The van der Waals surface area contributed by atoms with Crippen LogP contribution in [0.3, 0.4) is 0 Å². The number of nitrogens with one attached hydrogen (secondary N) is 1. The van der Waals surface area contributed by atoms with Crippen molar-refractivity contribution in [3.05, 3.63) is 23.8 Å². The average molecular weight is 368 g/mol. The first-order chi connectivity index (χ1) is 11.7. The number of fused-ring (bicyclic) bond motifs is 1. The number of ether oxygens (including phenoxy) is 1. The minimum Gasteiger partial charge on any atom is -0.466 e. The zero-order chi connectivity index (χ0) is 18.8. The molecule has 0 aliphatic rings. The van der Waals surface area contributed by atoms with Gasteiger partial charge in [-0.3, -0.25) is 14.9 Å². The van der Waals surface area contributed by atoms with Gasteiger partial charge in [-0.05, 0) is 24.6 Å². The number of imidazole rings is 1. The van der Waals surface area contributed by atoms with Gasteiger partial charge in [-0.15, -0.1) is 0 Å². The first-order valence-electron chi connectivity index (χ1n) is 7.54. The summed E-state index contributed by atoms with van der Waals surface area (Å²) in [7, 11) is -1.13. The molecule has 1 amide bonds. The summed E-state index contributed by atoms with van der Waals surface area (Å²) in [5.74, 6) is -0.939. The van der Waals surface area contributed by atoms with E-state index in [1.165, 1.54) is 21.0 Å². The highest BCUT2D eigenvalue weighted by atomic mass is 32.2. The molecule has 0 saturated heterocycles. The minimum absolute atomic E-state index is 0.0482. The van der Waals surface area contributed by atoms with Gasteiger partial charge >= 0.3 is 16.2 Å². The Hall–Kier alpha value is -2.46. The monoisotopic (exact) mass is 368 g/mol. The van der Waals surface area contributed by atoms with Gasteiger partial charge < -0.3 is 4.74 Å². The predicted octanol–water partition coefficient (Wildman–Crippen LogP) is 0.755. The number of rotatable bonds is 6. The zero-order valence-electron chi connectivity index (χ0n) is 14.4. The summed E-state index contributed by atoms with van der Waals surface area (Å²) in [4.78, 5) is 27.2. The molecule has 2 rings (SSSR count). The maximum Gasteiger partial charge on any atom is 0.310 e. The summed E-state index contributed by atoms with van der Waals surface area (Å²) in [6.07, 6.45) is 0.0482. The van der Waals surface area contributed by atoms with E-state index in [-0.39, 0.29) is 24.9 Å². The highest BCUT2D eigenvalue weighted by molar-refractivity contribution is 7.87. The molecule has 0 aliphatic heterocycles. The predicted molar refractivity (Wildman–Crippen MR) is 92.4 cm³/mol. The van der Waals surface area contributed by atoms with Crippen LogP contribution in [0, 0.1) is 0 Å². The minimum atomic E-state index is -3.90. The van der Waals surface area contributed by atoms with Crippen LogP contribution < -0.4 is 5.32 Å². The normalized spacial score (nSPS) is 11.7. The van der Waals surface area contributed by atoms with Gasteiger partial charge in [0.1, 0.15) is 0 Å². The summed E-state index contributed by atoms with van der Waals surface area (Å²) in [6, 6.07) is 4.77. The number of esters is 1. The second-order valence-corrected chi connectivity index (χ2v) is 7.47. The molecule has 0 bridgehead atoms. The Morgan fingerprint density at radius 3 is 2.56 bits per heavy atom. The second kappa shape index (κ2) is 7.19. The zero-order valence-corrected chi connectivity index (χ0v) is 15.3. The summed E-state index contributed by atoms with van der Waals surface area (Å²) in [5.41, 5.74) is 1.27. The van der Waals surface area contributed by atoms with Gasteiger partial charge in [0.25, 0.3) is 0 Å². The first-order valence-corrected chi connectivity index (χ1v) is 8.94. The van der Waals surface area contributed by atoms with Crippen molar-refractivity contribution < 1.29 is 22.7 Å². The van der Waals surface area contributed by atoms with E-state index >= 15 is 0 Å². The number of nitrogens with zero attached hydrogens (tertiary/aromatic N) is 3. The van der Waals surface area contributed by atoms with Crippen LogP contribution >= 0.6 is 0 Å². The highest BCUT2D eigenvalue weighted by Crippen LogP contribution is 2.24. The van der Waals surface area contributed by atoms with Crippen LogP contribution in [0.15, 0.2) is 18.2 Å². The van der Waals surface area contributed by atoms with Crippen LogP contribution in [0.4, 0.5) is 5.95 Å². The number of carbonyl (C=O) groups is 2. The van der Waals surface area contributed by atoms with Crippen LogP contribution in [0.1, 0.15) is 19.4 Å². The van der Waals surface area contributed by atoms with Crippen LogP contribution in [0.25, 0.3) is 11.0 Å². The van der Waals surface area contributed by atoms with Crippen molar-refractivity contribution in [2.24, 2.45) is 0 Å². The molecule has 1 aromatic heterocycles. The van der Waals surface area contributed by atoms with E-state index in [1.54, 1.807) is 25.1 Å². The molecule has 1 aromatic carbocycles. The maximum absolute atomic E-state index is 12.6. The Bertz CT molecular complexity index is 917. The smallest absolute Gasteiger partial charge is 0.310 e. The van der Waals surface area contributed by atoms with E-state index in [0.29, 0.717) is 16.6 Å². The number of hydrogen-bond acceptors (Lipinski definition) is 6. The van der Waals surface area contributed by atoms with Crippen LogP contribution in [0.2, 0.25) is 0 Å². The number of amides is 1. The lowest BCUT2D eigenvalue weighted by Gasteiger charge is -2.15. The summed E-state index contributed by atoms with van der Waals surface area (Å²) in [5, 5.41) is 2.42. The van der Waals surface area contributed by atoms with Gasteiger partial charge in [0.15, 0.2) is 0 Å². The summed E-state index contributed by atoms with van der Waals surface area (Å²) in [6.45, 7) is 3.26. The molecule has 136 valence electrons. The van der Waals surface area contributed by atoms with Crippen LogP contribution in [0.5, 0.6) is 0 Å². The number of benzene rings is 1. The van der Waals surface area contributed by atoms with E-state index in [4.69, 9.17) is 4.74 Å². The van der Waals surface area contributed by atoms with Crippen LogP contribution in [-0.4, -0.2) is 54.3 Å². The first kappa shape index (κ1) is 18.9. The van der Waals surface area contributed by atoms with Gasteiger partial charge in [0.05, 0.1) is 24.1 Å². The van der Waals surface area contributed by atoms with E-state index < -0.39 is 16.1 Å². The molecule has 0 saturated carbocycles. The number of hydrogen-bond donors (Lipinski definition) is 1. The topological polar surface area (TPSA) is 111 Å². The number of anilines is 1. The summed E-state index contributed by atoms with van der Waals surface area (Å²) >= 11 is 0. The summed E-state index contributed by atoms with van der Waals surface area (Å²) < 4.78 is 32.0. The number of aromatic nitrogens is 2. The fraction of sp³-hybridized carbons (Fsp3) is 0.400. The Morgan fingerprint density at radius 1 is 1.32 bits per heavy atom. The Balaban J connectivity index is 2.58. The quantitative estimate of drug-likeness (QED) is 0.754. The van der Waals surface area contributed by atoms with Gasteiger partial charge in [-0.1, -0.05) is 6.07 Å². The maximum atomic E-state index is 12.6. The molecular weight excluding hydrogens is 348 g/mol. The van der Waals surface area contributed by atoms with E-state index in [0.717, 1.165) is 8.28 Å². The van der Waals surface area contributed by atoms with Crippen molar-refractivity contribution in [1.82, 2.24) is 13.3 Å². The van der Waals surface area contributed by atoms with Crippen molar-refractivity contribution in [1.29, 1.82) is 0 Å². The van der Waals surface area contributed by atoms with E-state index in [1.807, 2.05) is 0 Å². The molecule has 0 spiro atoms. The molecule has 1 heterocycles. The SMILES string of the molecule is CCOC(=O)Cc1ccc2c(c1)nc(NC(C)=O)n2S(=O)(=O)N(C)C. The van der Waals surface area contributed by atoms with Crippen molar-refractivity contribution in [2.75, 3.05) is 26.0 Å². The van der Waals surface area contributed by atoms with Crippen molar-refractivity contribution >= 4 is 39.1 Å². The highest BCUT2D eigenvalue weighted by Gasteiger charge is 2.25. The third-order valence-electron chi connectivity index (χ3n) is 3.31. The molecular formula is C15H20N4O5S. The van der Waals surface area contributed by atoms with Gasteiger partial charge in [-0.25, -0.2) is 4.98 Å². The average Bonchev–Trinajstić information content (AvgIpc) is 2.83. The Labute approximate surface area is 145 Å². The molecule has 2 aromatic rings. The van der Waals surface area contributed by atoms with E-state index in [2.05, 4.69) is 10.3 Å². The lowest BCUT2D eigenvalue weighted by Crippen LogP contribution is -2.30. The molecule has 0 fully saturated rings. The fourth-order valence-corrected chi connectivity index (χ4v) is 3.26. The lowest BCUT2D eigenvalue weighted by atomic mass is 10.1.